The number of aliphatic hydroxyl groups excluding tert-OH is 3. The zero-order valence-electron chi connectivity index (χ0n) is 18.1. The molecule has 0 saturated carbocycles. The Morgan fingerprint density at radius 2 is 1.78 bits per heavy atom. The van der Waals surface area contributed by atoms with Crippen LogP contribution in [0.4, 0.5) is 0 Å². The van der Waals surface area contributed by atoms with Crippen LogP contribution in [0.2, 0.25) is 0 Å². The van der Waals surface area contributed by atoms with Crippen LogP contribution in [0.3, 0.4) is 0 Å². The van der Waals surface area contributed by atoms with Gasteiger partial charge in [-0.1, -0.05) is 0 Å². The molecule has 2 unspecified atom stereocenters. The van der Waals surface area contributed by atoms with E-state index in [0.29, 0.717) is 0 Å². The van der Waals surface area contributed by atoms with Crippen LogP contribution in [0.5, 0.6) is 0 Å². The van der Waals surface area contributed by atoms with Crippen molar-refractivity contribution in [1.29, 1.82) is 0 Å². The molecule has 8 atom stereocenters. The first kappa shape index (κ1) is 29.4. The van der Waals surface area contributed by atoms with Crippen molar-refractivity contribution < 1.29 is 71.2 Å². The van der Waals surface area contributed by atoms with Crippen LogP contribution in [0, 0.1) is 6.92 Å². The third-order valence-corrected chi connectivity index (χ3v) is 9.12. The monoisotopic (exact) mass is 584 g/mol. The van der Waals surface area contributed by atoms with Gasteiger partial charge in [-0.3, -0.25) is 18.9 Å². The number of nitrogens with one attached hydrogen (secondary N) is 1. The van der Waals surface area contributed by atoms with Gasteiger partial charge in [-0.25, -0.2) is 18.5 Å². The fourth-order valence-corrected chi connectivity index (χ4v) is 7.07. The molecule has 36 heavy (non-hydrogen) atoms. The third-order valence-electron chi connectivity index (χ3n) is 5.25. The van der Waals surface area contributed by atoms with Crippen molar-refractivity contribution in [2.75, 3.05) is 13.2 Å². The number of aromatic amines is 1. The Bertz CT molecular complexity index is 1240. The molecule has 0 spiro atoms. The van der Waals surface area contributed by atoms with E-state index in [1.165, 1.54) is 6.92 Å². The minimum atomic E-state index is -5.87. The molecule has 3 heterocycles. The van der Waals surface area contributed by atoms with Crippen molar-refractivity contribution in [2.24, 2.45) is 0 Å². The van der Waals surface area contributed by atoms with Crippen molar-refractivity contribution in [3.8, 4) is 0 Å². The second kappa shape index (κ2) is 10.2. The molecule has 0 aromatic carbocycles. The maximum Gasteiger partial charge on any atom is 0.490 e. The minimum Gasteiger partial charge on any atom is -0.394 e. The number of H-pyrrole nitrogens is 1. The first-order valence-corrected chi connectivity index (χ1v) is 14.3. The third kappa shape index (κ3) is 6.30. The smallest absolute Gasteiger partial charge is 0.394 e. The molecule has 1 aromatic rings. The van der Waals surface area contributed by atoms with E-state index in [9.17, 15) is 48.4 Å². The number of ether oxygens (including phenoxy) is 2. The molecule has 8 N–H and O–H groups in total. The van der Waals surface area contributed by atoms with Gasteiger partial charge in [-0.05, 0) is 6.92 Å². The molecule has 206 valence electrons. The number of phosphoric ester groups is 1. The average Bonchev–Trinajstić information content (AvgIpc) is 3.22. The molecule has 22 heteroatoms. The number of hydrogen-bond acceptors (Lipinski definition) is 13. The maximum absolute atomic E-state index is 12.7. The second-order valence-corrected chi connectivity index (χ2v) is 12.2. The van der Waals surface area contributed by atoms with Crippen molar-refractivity contribution in [3.63, 3.8) is 0 Å². The van der Waals surface area contributed by atoms with Crippen LogP contribution in [-0.2, 0) is 42.0 Å². The van der Waals surface area contributed by atoms with Gasteiger partial charge >= 0.3 is 29.2 Å². The first-order chi connectivity index (χ1) is 16.4. The fourth-order valence-electron chi connectivity index (χ4n) is 3.86. The SMILES string of the molecule is Cc1cn([C@@]2([C@@H]3OC[C@H](O)[C@H]3O)C[C@H](OP(=O)(O)OP(=O)(O)OP(=O)(O)O)[C@@H](CO)O2)c(=O)[nH]c1=O. The van der Waals surface area contributed by atoms with Gasteiger partial charge in [-0.15, -0.1) is 0 Å². The number of aryl methyl sites for hydroxylation is 1. The second-order valence-electron chi connectivity index (χ2n) is 7.88. The van der Waals surface area contributed by atoms with Crippen molar-refractivity contribution in [3.05, 3.63) is 32.6 Å². The van der Waals surface area contributed by atoms with E-state index in [2.05, 4.69) is 8.62 Å². The van der Waals surface area contributed by atoms with Gasteiger partial charge in [0.05, 0.1) is 13.2 Å². The highest BCUT2D eigenvalue weighted by Crippen LogP contribution is 2.67. The lowest BCUT2D eigenvalue weighted by Gasteiger charge is -2.37. The van der Waals surface area contributed by atoms with Gasteiger partial charge in [0.25, 0.3) is 5.56 Å². The van der Waals surface area contributed by atoms with Gasteiger partial charge in [0.1, 0.15) is 30.5 Å². The average molecular weight is 584 g/mol. The lowest BCUT2D eigenvalue weighted by Crippen LogP contribution is -2.56. The Balaban J connectivity index is 2.01. The highest BCUT2D eigenvalue weighted by atomic mass is 31.3. The predicted octanol–water partition coefficient (Wildman–Crippen LogP) is -2.89. The van der Waals surface area contributed by atoms with E-state index in [0.717, 1.165) is 10.8 Å². The molecule has 0 aliphatic carbocycles. The molecule has 2 saturated heterocycles. The standard InChI is InChI=1S/C14H23N2O17P3/c1-6-3-16(13(21)15-12(6)20)14(11-10(19)7(18)5-29-11)2-8(9(4-17)30-14)31-35(25,26)33-36(27,28)32-34(22,23)24/h3,7-11,17-19H,2,4-5H2,1H3,(H,25,26)(H,27,28)(H,15,20,21)(H2,22,23,24)/t7-,8-,9+,10+,11+,14-/m0/s1. The van der Waals surface area contributed by atoms with Crippen LogP contribution >= 0.6 is 23.5 Å². The Morgan fingerprint density at radius 3 is 2.31 bits per heavy atom. The van der Waals surface area contributed by atoms with Gasteiger partial charge in [-0.2, -0.15) is 8.62 Å². The molecule has 2 aliphatic rings. The van der Waals surface area contributed by atoms with E-state index in [1.807, 2.05) is 4.98 Å². The quantitative estimate of drug-likeness (QED) is 0.135. The molecule has 2 fully saturated rings. The van der Waals surface area contributed by atoms with Crippen LogP contribution in [-0.4, -0.2) is 88.2 Å². The van der Waals surface area contributed by atoms with E-state index < -0.39 is 90.6 Å². The number of phosphoric acid groups is 3. The summed E-state index contributed by atoms with van der Waals surface area (Å²) in [6, 6.07) is 0. The van der Waals surface area contributed by atoms with Gasteiger partial charge in [0, 0.05) is 18.2 Å². The molecular formula is C14H23N2O17P3. The van der Waals surface area contributed by atoms with Crippen LogP contribution in [0.1, 0.15) is 12.0 Å². The van der Waals surface area contributed by atoms with Crippen molar-refractivity contribution in [1.82, 2.24) is 9.55 Å². The first-order valence-electron chi connectivity index (χ1n) is 9.81. The minimum absolute atomic E-state index is 0.0255. The largest absolute Gasteiger partial charge is 0.490 e. The summed E-state index contributed by atoms with van der Waals surface area (Å²) in [7, 11) is -17.2. The summed E-state index contributed by atoms with van der Waals surface area (Å²) in [6.45, 7) is -0.0890. The Morgan fingerprint density at radius 1 is 1.14 bits per heavy atom. The summed E-state index contributed by atoms with van der Waals surface area (Å²) in [4.78, 5) is 63.1. The Hall–Kier alpha value is -1.11. The predicted molar refractivity (Wildman–Crippen MR) is 111 cm³/mol. The zero-order chi connectivity index (χ0) is 27.3. The fraction of sp³-hybridized carbons (Fsp3) is 0.714. The van der Waals surface area contributed by atoms with Gasteiger partial charge < -0.3 is 44.4 Å². The Kier molecular flexibility index (Phi) is 8.36. The normalized spacial score (nSPS) is 34.4. The van der Waals surface area contributed by atoms with Gasteiger partial charge in [0.2, 0.25) is 0 Å². The van der Waals surface area contributed by atoms with Crippen LogP contribution < -0.4 is 11.2 Å². The molecule has 3 rings (SSSR count). The van der Waals surface area contributed by atoms with Crippen LogP contribution in [0.15, 0.2) is 15.8 Å². The summed E-state index contributed by atoms with van der Waals surface area (Å²) in [5.74, 6) is 0. The molecule has 0 radical (unpaired) electrons. The Labute approximate surface area is 200 Å². The van der Waals surface area contributed by atoms with E-state index >= 15 is 0 Å². The summed E-state index contributed by atoms with van der Waals surface area (Å²) in [5, 5.41) is 30.2. The number of aliphatic hydroxyl groups is 3. The molecule has 1 aromatic heterocycles. The molecule has 0 amide bonds. The lowest BCUT2D eigenvalue weighted by molar-refractivity contribution is -0.200. The molecule has 0 bridgehead atoms. The summed E-state index contributed by atoms with van der Waals surface area (Å²) >= 11 is 0. The summed E-state index contributed by atoms with van der Waals surface area (Å²) in [6.07, 6.45) is -7.83. The van der Waals surface area contributed by atoms with Crippen molar-refractivity contribution >= 4 is 23.5 Å². The summed E-state index contributed by atoms with van der Waals surface area (Å²) in [5.41, 5.74) is -4.09. The zero-order valence-corrected chi connectivity index (χ0v) is 20.8. The number of aromatic nitrogens is 2. The highest BCUT2D eigenvalue weighted by molar-refractivity contribution is 7.66. The number of rotatable bonds is 9. The van der Waals surface area contributed by atoms with Crippen molar-refractivity contribution in [2.45, 2.75) is 49.6 Å². The van der Waals surface area contributed by atoms with Crippen LogP contribution in [0.25, 0.3) is 0 Å². The molecule has 2 aliphatic heterocycles. The topological polar surface area (TPSA) is 294 Å². The maximum atomic E-state index is 12.7. The molecule has 19 nitrogen and oxygen atoms in total. The van der Waals surface area contributed by atoms with Gasteiger partial charge in [0.15, 0.2) is 5.72 Å². The lowest BCUT2D eigenvalue weighted by atomic mass is 9.95. The van der Waals surface area contributed by atoms with E-state index in [-0.39, 0.29) is 5.56 Å². The number of hydrogen-bond donors (Lipinski definition) is 8. The summed E-state index contributed by atoms with van der Waals surface area (Å²) < 4.78 is 58.8. The van der Waals surface area contributed by atoms with E-state index in [1.54, 1.807) is 0 Å². The highest BCUT2D eigenvalue weighted by Gasteiger charge is 2.60. The molecular weight excluding hydrogens is 561 g/mol. The number of nitrogens with zero attached hydrogens (tertiary/aromatic N) is 1. The van der Waals surface area contributed by atoms with E-state index in [4.69, 9.17) is 23.8 Å².